The standard InChI is InChI=1S/C6H10N4O3/c1-3(9-5(7)11)13-4(2)10-6(8)12/h1-2H2,(H3,7,9,11)(H3,8,10,12). The number of amides is 4. The monoisotopic (exact) mass is 186 g/mol. The first-order valence-electron chi connectivity index (χ1n) is 3.10. The highest BCUT2D eigenvalue weighted by Gasteiger charge is 2.02. The number of urea groups is 2. The molecule has 0 saturated heterocycles. The first-order valence-corrected chi connectivity index (χ1v) is 3.10. The van der Waals surface area contributed by atoms with Gasteiger partial charge in [-0.3, -0.25) is 10.6 Å². The maximum absolute atomic E-state index is 10.2. The molecule has 0 heterocycles. The summed E-state index contributed by atoms with van der Waals surface area (Å²) in [5, 5.41) is 4.03. The molecule has 0 saturated carbocycles. The van der Waals surface area contributed by atoms with Crippen molar-refractivity contribution in [2.24, 2.45) is 11.5 Å². The molecule has 0 aliphatic rings. The Morgan fingerprint density at radius 1 is 1.00 bits per heavy atom. The topological polar surface area (TPSA) is 119 Å². The van der Waals surface area contributed by atoms with Crippen molar-refractivity contribution in [3.05, 3.63) is 24.9 Å². The molecule has 4 amide bonds. The highest BCUT2D eigenvalue weighted by atomic mass is 16.5. The maximum atomic E-state index is 10.2. The predicted octanol–water partition coefficient (Wildman–Crippen LogP) is -0.718. The Bertz CT molecular complexity index is 235. The van der Waals surface area contributed by atoms with Gasteiger partial charge < -0.3 is 16.2 Å². The van der Waals surface area contributed by atoms with Crippen LogP contribution in [0.3, 0.4) is 0 Å². The zero-order valence-corrected chi connectivity index (χ0v) is 6.79. The van der Waals surface area contributed by atoms with Crippen molar-refractivity contribution < 1.29 is 14.3 Å². The summed E-state index contributed by atoms with van der Waals surface area (Å²) in [6.07, 6.45) is 0. The molecular formula is C6H10N4O3. The van der Waals surface area contributed by atoms with E-state index in [9.17, 15) is 9.59 Å². The van der Waals surface area contributed by atoms with Crippen LogP contribution in [0.5, 0.6) is 0 Å². The van der Waals surface area contributed by atoms with Crippen molar-refractivity contribution >= 4 is 12.1 Å². The molecule has 13 heavy (non-hydrogen) atoms. The van der Waals surface area contributed by atoms with E-state index in [2.05, 4.69) is 17.9 Å². The number of primary amides is 2. The lowest BCUT2D eigenvalue weighted by Crippen LogP contribution is -2.33. The molecule has 0 aliphatic carbocycles. The van der Waals surface area contributed by atoms with E-state index in [0.29, 0.717) is 0 Å². The van der Waals surface area contributed by atoms with Gasteiger partial charge in [0.2, 0.25) is 0 Å². The molecule has 0 unspecified atom stereocenters. The van der Waals surface area contributed by atoms with Gasteiger partial charge in [0.15, 0.2) is 11.8 Å². The first kappa shape index (κ1) is 10.8. The highest BCUT2D eigenvalue weighted by Crippen LogP contribution is 1.94. The van der Waals surface area contributed by atoms with Gasteiger partial charge in [0.05, 0.1) is 0 Å². The third-order valence-corrected chi connectivity index (χ3v) is 0.772. The van der Waals surface area contributed by atoms with Crippen molar-refractivity contribution in [2.45, 2.75) is 0 Å². The number of nitrogens with two attached hydrogens (primary N) is 2. The SMILES string of the molecule is C=C(NC(N)=O)OC(=C)NC(N)=O. The summed E-state index contributed by atoms with van der Waals surface area (Å²) in [5.74, 6) is -0.322. The van der Waals surface area contributed by atoms with Crippen molar-refractivity contribution in [1.29, 1.82) is 0 Å². The van der Waals surface area contributed by atoms with Crippen molar-refractivity contribution in [3.8, 4) is 0 Å². The molecule has 0 aliphatic heterocycles. The lowest BCUT2D eigenvalue weighted by molar-refractivity contribution is 0.222. The third-order valence-electron chi connectivity index (χ3n) is 0.772. The Morgan fingerprint density at radius 2 is 1.31 bits per heavy atom. The number of nitrogens with one attached hydrogen (secondary N) is 2. The summed E-state index contributed by atoms with van der Waals surface area (Å²) in [7, 11) is 0. The fourth-order valence-electron chi connectivity index (χ4n) is 0.475. The van der Waals surface area contributed by atoms with Gasteiger partial charge in [0.1, 0.15) is 0 Å². The summed E-state index contributed by atoms with van der Waals surface area (Å²) in [4.78, 5) is 20.5. The van der Waals surface area contributed by atoms with Gasteiger partial charge in [-0.15, -0.1) is 0 Å². The Labute approximate surface area is 74.4 Å². The molecule has 0 bridgehead atoms. The second kappa shape index (κ2) is 4.65. The Morgan fingerprint density at radius 3 is 1.54 bits per heavy atom. The summed E-state index contributed by atoms with van der Waals surface area (Å²) in [6.45, 7) is 6.51. The van der Waals surface area contributed by atoms with Crippen molar-refractivity contribution in [1.82, 2.24) is 10.6 Å². The zero-order valence-electron chi connectivity index (χ0n) is 6.79. The van der Waals surface area contributed by atoms with Gasteiger partial charge in [-0.1, -0.05) is 0 Å². The minimum Gasteiger partial charge on any atom is -0.426 e. The smallest absolute Gasteiger partial charge is 0.318 e. The Kier molecular flexibility index (Phi) is 3.87. The van der Waals surface area contributed by atoms with Crippen LogP contribution in [0.4, 0.5) is 9.59 Å². The molecule has 7 nitrogen and oxygen atoms in total. The molecule has 0 aromatic heterocycles. The number of hydrogen-bond donors (Lipinski definition) is 4. The summed E-state index contributed by atoms with van der Waals surface area (Å²) in [6, 6.07) is -1.67. The molecule has 72 valence electrons. The second-order valence-corrected chi connectivity index (χ2v) is 1.93. The normalized spacial score (nSPS) is 8.31. The quantitative estimate of drug-likeness (QED) is 0.434. The third kappa shape index (κ3) is 6.23. The van der Waals surface area contributed by atoms with E-state index < -0.39 is 12.1 Å². The van der Waals surface area contributed by atoms with Crippen molar-refractivity contribution in [3.63, 3.8) is 0 Å². The van der Waals surface area contributed by atoms with Crippen LogP contribution in [0.2, 0.25) is 0 Å². The number of rotatable bonds is 4. The van der Waals surface area contributed by atoms with Crippen LogP contribution in [-0.2, 0) is 4.74 Å². The molecular weight excluding hydrogens is 176 g/mol. The fourth-order valence-corrected chi connectivity index (χ4v) is 0.475. The van der Waals surface area contributed by atoms with E-state index in [0.717, 1.165) is 0 Å². The Balaban J connectivity index is 3.85. The van der Waals surface area contributed by atoms with Crippen LogP contribution in [0.25, 0.3) is 0 Å². The van der Waals surface area contributed by atoms with Crippen LogP contribution in [0.15, 0.2) is 24.9 Å². The molecule has 0 spiro atoms. The minimum atomic E-state index is -0.836. The summed E-state index contributed by atoms with van der Waals surface area (Å²) < 4.78 is 4.66. The molecule has 0 radical (unpaired) electrons. The lowest BCUT2D eigenvalue weighted by Gasteiger charge is -2.09. The molecule has 0 fully saturated rings. The largest absolute Gasteiger partial charge is 0.426 e. The van der Waals surface area contributed by atoms with Crippen LogP contribution in [0, 0.1) is 0 Å². The van der Waals surface area contributed by atoms with Gasteiger partial charge in [-0.2, -0.15) is 0 Å². The van der Waals surface area contributed by atoms with Crippen LogP contribution >= 0.6 is 0 Å². The maximum Gasteiger partial charge on any atom is 0.318 e. The fraction of sp³-hybridized carbons (Fsp3) is 0. The molecule has 7 heteroatoms. The number of hydrogen-bond acceptors (Lipinski definition) is 3. The van der Waals surface area contributed by atoms with E-state index in [1.165, 1.54) is 0 Å². The van der Waals surface area contributed by atoms with E-state index in [-0.39, 0.29) is 11.8 Å². The van der Waals surface area contributed by atoms with E-state index in [1.54, 1.807) is 0 Å². The zero-order chi connectivity index (χ0) is 10.4. The number of carbonyl (C=O) groups excluding carboxylic acids is 2. The van der Waals surface area contributed by atoms with E-state index >= 15 is 0 Å². The van der Waals surface area contributed by atoms with Crippen molar-refractivity contribution in [2.75, 3.05) is 0 Å². The van der Waals surface area contributed by atoms with Gasteiger partial charge in [0, 0.05) is 0 Å². The van der Waals surface area contributed by atoms with Gasteiger partial charge in [-0.05, 0) is 13.2 Å². The molecule has 0 aromatic rings. The lowest BCUT2D eigenvalue weighted by atomic mass is 10.8. The van der Waals surface area contributed by atoms with Crippen LogP contribution < -0.4 is 22.1 Å². The second-order valence-electron chi connectivity index (χ2n) is 1.93. The predicted molar refractivity (Wildman–Crippen MR) is 44.8 cm³/mol. The molecule has 0 rings (SSSR count). The van der Waals surface area contributed by atoms with Gasteiger partial charge in [0.25, 0.3) is 0 Å². The molecule has 6 N–H and O–H groups in total. The first-order chi connectivity index (χ1) is 5.91. The average molecular weight is 186 g/mol. The van der Waals surface area contributed by atoms with Gasteiger partial charge in [-0.25, -0.2) is 9.59 Å². The van der Waals surface area contributed by atoms with E-state index in [1.807, 2.05) is 10.6 Å². The highest BCUT2D eigenvalue weighted by molar-refractivity contribution is 5.74. The molecule has 0 aromatic carbocycles. The average Bonchev–Trinajstić information content (AvgIpc) is 1.80. The summed E-state index contributed by atoms with van der Waals surface area (Å²) >= 11 is 0. The Hall–Kier alpha value is -2.18. The number of ether oxygens (including phenoxy) is 1. The molecule has 0 atom stereocenters. The minimum absolute atomic E-state index is 0.161. The van der Waals surface area contributed by atoms with Crippen LogP contribution in [-0.4, -0.2) is 12.1 Å². The number of carbonyl (C=O) groups is 2. The van der Waals surface area contributed by atoms with E-state index in [4.69, 9.17) is 11.5 Å². The van der Waals surface area contributed by atoms with Crippen LogP contribution in [0.1, 0.15) is 0 Å². The van der Waals surface area contributed by atoms with Gasteiger partial charge >= 0.3 is 12.1 Å². The summed E-state index contributed by atoms with van der Waals surface area (Å²) in [5.41, 5.74) is 9.48.